The Morgan fingerprint density at radius 1 is 1.27 bits per heavy atom. The quantitative estimate of drug-likeness (QED) is 0.613. The molecule has 0 atom stereocenters. The van der Waals surface area contributed by atoms with Crippen LogP contribution in [0.3, 0.4) is 0 Å². The van der Waals surface area contributed by atoms with E-state index in [-0.39, 0.29) is 5.56 Å². The zero-order valence-electron chi connectivity index (χ0n) is 5.63. The molecule has 0 heterocycles. The number of amides is 1. The Labute approximate surface area is 63.8 Å². The van der Waals surface area contributed by atoms with E-state index in [9.17, 15) is 9.59 Å². The molecule has 0 aliphatic rings. The van der Waals surface area contributed by atoms with E-state index in [1.54, 1.807) is 6.29 Å². The van der Waals surface area contributed by atoms with Crippen LogP contribution in [-0.2, 0) is 4.79 Å². The van der Waals surface area contributed by atoms with Crippen molar-refractivity contribution in [3.63, 3.8) is 0 Å². The number of rotatable bonds is 2. The fourth-order valence-electron chi connectivity index (χ4n) is 0.690. The first-order chi connectivity index (χ1) is 5.24. The Morgan fingerprint density at radius 3 is 2.18 bits per heavy atom. The smallest absolute Gasteiger partial charge is 0.269 e. The highest BCUT2D eigenvalue weighted by molar-refractivity contribution is 5.92. The number of hydrogen-bond donors (Lipinski definition) is 0. The van der Waals surface area contributed by atoms with Crippen molar-refractivity contribution in [2.24, 2.45) is 0 Å². The lowest BCUT2D eigenvalue weighted by atomic mass is 10.1. The third-order valence-corrected chi connectivity index (χ3v) is 1.26. The maximum atomic E-state index is 10.4. The van der Waals surface area contributed by atoms with Crippen molar-refractivity contribution in [2.45, 2.75) is 0 Å². The molecular weight excluding hydrogens is 142 g/mol. The van der Waals surface area contributed by atoms with Gasteiger partial charge in [0.25, 0.3) is 5.91 Å². The van der Waals surface area contributed by atoms with Crippen LogP contribution in [0.1, 0.15) is 15.9 Å². The maximum absolute atomic E-state index is 10.4. The number of nitrogens with one attached hydrogen (secondary N) is 1. The summed E-state index contributed by atoms with van der Waals surface area (Å²) < 4.78 is 0. The molecule has 0 saturated carbocycles. The van der Waals surface area contributed by atoms with E-state index in [4.69, 9.17) is 5.73 Å². The maximum Gasteiger partial charge on any atom is 0.269 e. The first-order valence-electron chi connectivity index (χ1n) is 2.98. The van der Waals surface area contributed by atoms with Gasteiger partial charge in [-0.2, -0.15) is 0 Å². The standard InChI is InChI=1S/C8H5NO2/c9-8(11)7-3-1-6(5-10)2-4-7/h1-4,9H. The normalized spacial score (nSPS) is 9.09. The minimum absolute atomic E-state index is 0.281. The summed E-state index contributed by atoms with van der Waals surface area (Å²) in [6, 6.07) is 5.76. The molecule has 0 saturated heterocycles. The summed E-state index contributed by atoms with van der Waals surface area (Å²) in [5.74, 6) is -0.748. The van der Waals surface area contributed by atoms with Crippen LogP contribution in [0.15, 0.2) is 24.3 Å². The first-order valence-corrected chi connectivity index (χ1v) is 2.98. The highest BCUT2D eigenvalue weighted by atomic mass is 16.1. The molecule has 11 heavy (non-hydrogen) atoms. The van der Waals surface area contributed by atoms with Crippen molar-refractivity contribution in [1.29, 1.82) is 0 Å². The van der Waals surface area contributed by atoms with Crippen LogP contribution in [0.5, 0.6) is 0 Å². The molecule has 0 spiro atoms. The zero-order valence-corrected chi connectivity index (χ0v) is 5.63. The van der Waals surface area contributed by atoms with Crippen molar-refractivity contribution in [3.8, 4) is 0 Å². The predicted molar refractivity (Wildman–Crippen MR) is 38.7 cm³/mol. The minimum Gasteiger partial charge on any atom is -0.285 e. The molecule has 0 aliphatic heterocycles. The molecule has 0 aromatic heterocycles. The molecule has 1 amide bonds. The fourth-order valence-corrected chi connectivity index (χ4v) is 0.690. The number of benzene rings is 1. The monoisotopic (exact) mass is 147 g/mol. The van der Waals surface area contributed by atoms with E-state index in [1.807, 2.05) is 0 Å². The van der Waals surface area contributed by atoms with E-state index >= 15 is 0 Å². The van der Waals surface area contributed by atoms with Gasteiger partial charge in [-0.3, -0.25) is 15.3 Å². The summed E-state index contributed by atoms with van der Waals surface area (Å²) in [6.07, 6.45) is 1.67. The van der Waals surface area contributed by atoms with E-state index in [1.165, 1.54) is 24.3 Å². The Kier molecular flexibility index (Phi) is 2.01. The molecule has 1 rings (SSSR count). The summed E-state index contributed by atoms with van der Waals surface area (Å²) in [5, 5.41) is 0. The molecule has 0 bridgehead atoms. The molecule has 3 nitrogen and oxygen atoms in total. The van der Waals surface area contributed by atoms with Crippen molar-refractivity contribution >= 4 is 12.2 Å². The summed E-state index contributed by atoms with van der Waals surface area (Å²) in [7, 11) is 0. The van der Waals surface area contributed by atoms with E-state index in [0.29, 0.717) is 5.56 Å². The third-order valence-electron chi connectivity index (χ3n) is 1.26. The first kappa shape index (κ1) is 7.47. The van der Waals surface area contributed by atoms with Crippen molar-refractivity contribution in [2.75, 3.05) is 0 Å². The van der Waals surface area contributed by atoms with Crippen LogP contribution in [-0.4, -0.2) is 12.2 Å². The van der Waals surface area contributed by atoms with Crippen LogP contribution in [0, 0.1) is 0 Å². The molecule has 0 fully saturated rings. The van der Waals surface area contributed by atoms with Gasteiger partial charge in [0, 0.05) is 11.1 Å². The van der Waals surface area contributed by atoms with E-state index in [0.717, 1.165) is 0 Å². The second-order valence-electron chi connectivity index (χ2n) is 2.01. The summed E-state index contributed by atoms with van der Waals surface area (Å²) >= 11 is 0. The highest BCUT2D eigenvalue weighted by Gasteiger charge is 1.99. The van der Waals surface area contributed by atoms with Gasteiger partial charge in [0.05, 0.1) is 0 Å². The Bertz CT molecular complexity index is 277. The van der Waals surface area contributed by atoms with Gasteiger partial charge in [0.1, 0.15) is 0 Å². The molecule has 54 valence electrons. The summed E-state index contributed by atoms with van der Waals surface area (Å²) in [5.41, 5.74) is 7.37. The van der Waals surface area contributed by atoms with Crippen LogP contribution in [0.2, 0.25) is 0 Å². The number of carbonyl (C=O) groups excluding carboxylic acids is 2. The van der Waals surface area contributed by atoms with Crippen LogP contribution in [0.4, 0.5) is 0 Å². The van der Waals surface area contributed by atoms with Crippen LogP contribution >= 0.6 is 0 Å². The van der Waals surface area contributed by atoms with Crippen LogP contribution in [0.25, 0.3) is 0 Å². The molecular formula is C8H5NO2. The van der Waals surface area contributed by atoms with E-state index < -0.39 is 5.91 Å². The SMILES string of the molecule is [NH]C(=O)c1ccc([C]=O)cc1. The topological polar surface area (TPSA) is 57.9 Å². The summed E-state index contributed by atoms with van der Waals surface area (Å²) in [6.45, 7) is 0. The Hall–Kier alpha value is -1.64. The number of hydrogen-bond acceptors (Lipinski definition) is 2. The Balaban J connectivity index is 3.00. The average molecular weight is 147 g/mol. The van der Waals surface area contributed by atoms with Gasteiger partial charge in [0.15, 0.2) is 0 Å². The van der Waals surface area contributed by atoms with Gasteiger partial charge in [-0.25, -0.2) is 0 Å². The van der Waals surface area contributed by atoms with Crippen LogP contribution < -0.4 is 5.73 Å². The zero-order chi connectivity index (χ0) is 8.27. The third kappa shape index (κ3) is 1.64. The van der Waals surface area contributed by atoms with Gasteiger partial charge < -0.3 is 0 Å². The van der Waals surface area contributed by atoms with Gasteiger partial charge in [-0.15, -0.1) is 0 Å². The average Bonchev–Trinajstić information content (AvgIpc) is 2.05. The highest BCUT2D eigenvalue weighted by Crippen LogP contribution is 2.00. The van der Waals surface area contributed by atoms with E-state index in [2.05, 4.69) is 0 Å². The van der Waals surface area contributed by atoms with Crippen molar-refractivity contribution in [3.05, 3.63) is 35.4 Å². The van der Waals surface area contributed by atoms with Gasteiger partial charge in [0.2, 0.25) is 6.29 Å². The molecule has 0 aliphatic carbocycles. The number of carbonyl (C=O) groups is 1. The lowest BCUT2D eigenvalue weighted by Gasteiger charge is -1.91. The second-order valence-corrected chi connectivity index (χ2v) is 2.01. The van der Waals surface area contributed by atoms with Gasteiger partial charge >= 0.3 is 0 Å². The summed E-state index contributed by atoms with van der Waals surface area (Å²) in [4.78, 5) is 20.4. The largest absolute Gasteiger partial charge is 0.285 e. The minimum atomic E-state index is -0.748. The molecule has 3 heteroatoms. The van der Waals surface area contributed by atoms with Gasteiger partial charge in [-0.1, -0.05) is 12.1 Å². The lowest BCUT2D eigenvalue weighted by molar-refractivity contribution is 0.0992. The fraction of sp³-hybridized carbons (Fsp3) is 0. The lowest BCUT2D eigenvalue weighted by Crippen LogP contribution is -1.98. The predicted octanol–water partition coefficient (Wildman–Crippen LogP) is 0.568. The molecule has 2 radical (unpaired) electrons. The van der Waals surface area contributed by atoms with Gasteiger partial charge in [-0.05, 0) is 12.1 Å². The van der Waals surface area contributed by atoms with Crippen molar-refractivity contribution < 1.29 is 9.59 Å². The van der Waals surface area contributed by atoms with Crippen molar-refractivity contribution in [1.82, 2.24) is 5.73 Å². The molecule has 0 unspecified atom stereocenters. The molecule has 1 aromatic carbocycles. The molecule has 1 aromatic rings. The molecule has 1 N–H and O–H groups in total. The Morgan fingerprint density at radius 2 is 1.82 bits per heavy atom. The second kappa shape index (κ2) is 2.96.